The monoisotopic (exact) mass is 259 g/mol. The molecule has 0 fully saturated rings. The summed E-state index contributed by atoms with van der Waals surface area (Å²) in [5, 5.41) is 9.04. The van der Waals surface area contributed by atoms with Gasteiger partial charge in [0.2, 0.25) is 0 Å². The molecule has 2 aliphatic rings. The Morgan fingerprint density at radius 2 is 2.16 bits per heavy atom. The van der Waals surface area contributed by atoms with Crippen molar-refractivity contribution in [3.8, 4) is 0 Å². The lowest BCUT2D eigenvalue weighted by Gasteiger charge is -2.30. The Labute approximate surface area is 113 Å². The highest BCUT2D eigenvalue weighted by Crippen LogP contribution is 2.38. The fourth-order valence-corrected chi connectivity index (χ4v) is 3.35. The minimum Gasteiger partial charge on any atom is -0.396 e. The van der Waals surface area contributed by atoms with E-state index in [4.69, 9.17) is 5.11 Å². The molecule has 3 heteroatoms. The fourth-order valence-electron chi connectivity index (χ4n) is 3.35. The van der Waals surface area contributed by atoms with Gasteiger partial charge in [-0.25, -0.2) is 0 Å². The average Bonchev–Trinajstić information content (AvgIpc) is 2.66. The zero-order valence-electron chi connectivity index (χ0n) is 11.7. The van der Waals surface area contributed by atoms with Crippen LogP contribution in [0.3, 0.4) is 0 Å². The van der Waals surface area contributed by atoms with E-state index in [0.29, 0.717) is 6.42 Å². The summed E-state index contributed by atoms with van der Waals surface area (Å²) in [4.78, 5) is 12.3. The number of hydrogen-bond donors (Lipinski definition) is 1. The van der Waals surface area contributed by atoms with Crippen LogP contribution >= 0.6 is 0 Å². The molecule has 19 heavy (non-hydrogen) atoms. The maximum absolute atomic E-state index is 12.3. The second kappa shape index (κ2) is 4.34. The number of nitrogens with zero attached hydrogens (tertiary/aromatic N) is 1. The number of aliphatic hydroxyl groups excluding tert-OH is 1. The van der Waals surface area contributed by atoms with Crippen molar-refractivity contribution in [3.63, 3.8) is 0 Å². The van der Waals surface area contributed by atoms with Crippen LogP contribution in [-0.2, 0) is 13.0 Å². The molecule has 3 nitrogen and oxygen atoms in total. The van der Waals surface area contributed by atoms with E-state index in [-0.39, 0.29) is 17.8 Å². The molecule has 1 N–H and O–H groups in total. The minimum atomic E-state index is 0.0777. The van der Waals surface area contributed by atoms with Crippen molar-refractivity contribution in [2.45, 2.75) is 46.1 Å². The second-order valence-corrected chi connectivity index (χ2v) is 6.55. The zero-order valence-corrected chi connectivity index (χ0v) is 11.7. The molecule has 0 saturated carbocycles. The molecule has 102 valence electrons. The lowest BCUT2D eigenvalue weighted by molar-refractivity contribution is 0.0910. The van der Waals surface area contributed by atoms with Gasteiger partial charge >= 0.3 is 0 Å². The van der Waals surface area contributed by atoms with Gasteiger partial charge in [-0.2, -0.15) is 0 Å². The van der Waals surface area contributed by atoms with Crippen molar-refractivity contribution in [1.29, 1.82) is 0 Å². The van der Waals surface area contributed by atoms with Gasteiger partial charge in [0, 0.05) is 36.5 Å². The van der Waals surface area contributed by atoms with Crippen LogP contribution in [0.5, 0.6) is 0 Å². The number of Topliss-reactive ketones (excluding diaryl/α,β-unsaturated/α-hetero) is 1. The quantitative estimate of drug-likeness (QED) is 0.887. The summed E-state index contributed by atoms with van der Waals surface area (Å²) in [5.74, 6) is 0.283. The van der Waals surface area contributed by atoms with Crippen molar-refractivity contribution in [2.24, 2.45) is 5.41 Å². The van der Waals surface area contributed by atoms with E-state index in [2.05, 4.69) is 24.5 Å². The highest BCUT2D eigenvalue weighted by Gasteiger charge is 2.34. The van der Waals surface area contributed by atoms with E-state index in [1.54, 1.807) is 0 Å². The predicted octanol–water partition coefficient (Wildman–Crippen LogP) is 2.81. The number of ketones is 1. The van der Waals surface area contributed by atoms with Crippen molar-refractivity contribution < 1.29 is 9.90 Å². The van der Waals surface area contributed by atoms with Crippen LogP contribution in [0, 0.1) is 5.41 Å². The van der Waals surface area contributed by atoms with Crippen LogP contribution in [0.4, 0.5) is 0 Å². The van der Waals surface area contributed by atoms with Gasteiger partial charge in [0.05, 0.1) is 0 Å². The molecular weight excluding hydrogens is 238 g/mol. The Morgan fingerprint density at radius 1 is 1.37 bits per heavy atom. The first-order valence-electron chi connectivity index (χ1n) is 7.06. The third-order valence-electron chi connectivity index (χ3n) is 4.27. The number of carbonyl (C=O) groups excluding carboxylic acids is 1. The largest absolute Gasteiger partial charge is 0.396 e. The number of hydrogen-bond acceptors (Lipinski definition) is 2. The summed E-state index contributed by atoms with van der Waals surface area (Å²) in [5.41, 5.74) is 4.66. The van der Waals surface area contributed by atoms with Gasteiger partial charge in [-0.3, -0.25) is 4.79 Å². The summed E-state index contributed by atoms with van der Waals surface area (Å²) in [7, 11) is 0. The molecule has 1 aromatic rings. The fraction of sp³-hybridized carbons (Fsp3) is 0.562. The van der Waals surface area contributed by atoms with E-state index >= 15 is 0 Å². The van der Waals surface area contributed by atoms with Crippen molar-refractivity contribution in [3.05, 3.63) is 28.6 Å². The zero-order chi connectivity index (χ0) is 13.6. The molecule has 0 radical (unpaired) electrons. The van der Waals surface area contributed by atoms with Crippen LogP contribution in [0.1, 0.15) is 54.9 Å². The number of carbonyl (C=O) groups is 1. The van der Waals surface area contributed by atoms with E-state index in [9.17, 15) is 4.79 Å². The van der Waals surface area contributed by atoms with Crippen molar-refractivity contribution in [2.75, 3.05) is 6.61 Å². The Balaban J connectivity index is 2.04. The van der Waals surface area contributed by atoms with E-state index in [0.717, 1.165) is 37.1 Å². The van der Waals surface area contributed by atoms with Gasteiger partial charge in [0.15, 0.2) is 5.78 Å². The summed E-state index contributed by atoms with van der Waals surface area (Å²) < 4.78 is 2.30. The Bertz CT molecular complexity index is 564. The first kappa shape index (κ1) is 12.7. The second-order valence-electron chi connectivity index (χ2n) is 6.55. The average molecular weight is 259 g/mol. The molecule has 1 aromatic heterocycles. The van der Waals surface area contributed by atoms with E-state index < -0.39 is 0 Å². The lowest BCUT2D eigenvalue weighted by atomic mass is 9.76. The van der Waals surface area contributed by atoms with Crippen LogP contribution in [0.2, 0.25) is 0 Å². The first-order valence-corrected chi connectivity index (χ1v) is 7.06. The molecule has 1 aliphatic heterocycles. The summed E-state index contributed by atoms with van der Waals surface area (Å²) >= 11 is 0. The number of fused-ring (bicyclic) bond motifs is 3. The molecule has 2 heterocycles. The molecule has 0 atom stereocenters. The van der Waals surface area contributed by atoms with Crippen molar-refractivity contribution in [1.82, 2.24) is 4.57 Å². The molecule has 1 aliphatic carbocycles. The third-order valence-corrected chi connectivity index (χ3v) is 4.27. The maximum Gasteiger partial charge on any atom is 0.165 e. The van der Waals surface area contributed by atoms with Crippen LogP contribution in [-0.4, -0.2) is 22.1 Å². The number of aromatic nitrogens is 1. The SMILES string of the molecule is CC1(C)CC(=O)c2cc3n(c2C1)CCC(CCO)=C3. The normalized spacial score (nSPS) is 20.8. The summed E-state index contributed by atoms with van der Waals surface area (Å²) in [6, 6.07) is 2.05. The highest BCUT2D eigenvalue weighted by atomic mass is 16.3. The standard InChI is InChI=1S/C16H21NO2/c1-16(2)9-14-13(15(19)10-16)8-12-7-11(4-6-18)3-5-17(12)14/h7-8,18H,3-6,9-10H2,1-2H3. The summed E-state index contributed by atoms with van der Waals surface area (Å²) in [6.45, 7) is 5.49. The number of rotatable bonds is 2. The van der Waals surface area contributed by atoms with Gasteiger partial charge in [0.25, 0.3) is 0 Å². The van der Waals surface area contributed by atoms with E-state index in [1.807, 2.05) is 6.07 Å². The highest BCUT2D eigenvalue weighted by molar-refractivity contribution is 5.99. The first-order chi connectivity index (χ1) is 9.00. The third kappa shape index (κ3) is 2.16. The van der Waals surface area contributed by atoms with Gasteiger partial charge in [-0.15, -0.1) is 0 Å². The van der Waals surface area contributed by atoms with E-state index in [1.165, 1.54) is 11.3 Å². The molecule has 3 rings (SSSR count). The Hall–Kier alpha value is -1.35. The van der Waals surface area contributed by atoms with Crippen molar-refractivity contribution >= 4 is 11.9 Å². The molecule has 0 unspecified atom stereocenters. The molecular formula is C16H21NO2. The molecule has 0 bridgehead atoms. The molecule has 0 amide bonds. The maximum atomic E-state index is 12.3. The van der Waals surface area contributed by atoms with Gasteiger partial charge in [-0.05, 0) is 36.8 Å². The topological polar surface area (TPSA) is 42.2 Å². The van der Waals surface area contributed by atoms with Crippen LogP contribution < -0.4 is 0 Å². The van der Waals surface area contributed by atoms with Gasteiger partial charge in [-0.1, -0.05) is 19.4 Å². The minimum absolute atomic E-state index is 0.0777. The molecule has 0 spiro atoms. The smallest absolute Gasteiger partial charge is 0.165 e. The Kier molecular flexibility index (Phi) is 2.90. The predicted molar refractivity (Wildman–Crippen MR) is 75.2 cm³/mol. The van der Waals surface area contributed by atoms with Gasteiger partial charge in [0.1, 0.15) is 0 Å². The summed E-state index contributed by atoms with van der Waals surface area (Å²) in [6.07, 6.45) is 5.52. The molecule has 0 aromatic carbocycles. The molecule has 0 saturated heterocycles. The number of aliphatic hydroxyl groups is 1. The lowest BCUT2D eigenvalue weighted by Crippen LogP contribution is -2.28. The van der Waals surface area contributed by atoms with Crippen LogP contribution in [0.15, 0.2) is 11.6 Å². The van der Waals surface area contributed by atoms with Gasteiger partial charge < -0.3 is 9.67 Å². The van der Waals surface area contributed by atoms with Crippen LogP contribution in [0.25, 0.3) is 6.08 Å². The Morgan fingerprint density at radius 3 is 2.89 bits per heavy atom.